The summed E-state index contributed by atoms with van der Waals surface area (Å²) in [5.41, 5.74) is 0.617. The Morgan fingerprint density at radius 3 is 2.88 bits per heavy atom. The van der Waals surface area contributed by atoms with Crippen LogP contribution in [0.25, 0.3) is 4.96 Å². The minimum absolute atomic E-state index is 0.157. The van der Waals surface area contributed by atoms with Gasteiger partial charge >= 0.3 is 6.18 Å². The van der Waals surface area contributed by atoms with E-state index in [1.54, 1.807) is 10.6 Å². The lowest BCUT2D eigenvalue weighted by Gasteiger charge is -2.10. The lowest BCUT2D eigenvalue weighted by molar-refractivity contribution is -0.139. The molecular weight excluding hydrogens is 253 g/mol. The first kappa shape index (κ1) is 12.4. The van der Waals surface area contributed by atoms with E-state index in [-0.39, 0.29) is 12.8 Å². The van der Waals surface area contributed by atoms with Gasteiger partial charge in [0.05, 0.1) is 11.8 Å². The molecule has 0 spiro atoms. The molecule has 0 radical (unpaired) electrons. The molecule has 0 aliphatic heterocycles. The maximum atomic E-state index is 11.9. The molecule has 2 aromatic heterocycles. The van der Waals surface area contributed by atoms with Crippen LogP contribution in [-0.2, 0) is 6.42 Å². The molecule has 0 aliphatic carbocycles. The fourth-order valence-electron chi connectivity index (χ4n) is 1.55. The zero-order valence-electron chi connectivity index (χ0n) is 8.81. The van der Waals surface area contributed by atoms with Crippen molar-refractivity contribution in [1.29, 1.82) is 0 Å². The van der Waals surface area contributed by atoms with Gasteiger partial charge in [-0.3, -0.25) is 4.40 Å². The number of aromatic nitrogens is 2. The second kappa shape index (κ2) is 4.66. The Bertz CT molecular complexity index is 462. The molecule has 0 fully saturated rings. The van der Waals surface area contributed by atoms with E-state index >= 15 is 0 Å². The first-order valence-electron chi connectivity index (χ1n) is 5.10. The molecule has 0 amide bonds. The number of rotatable bonds is 4. The van der Waals surface area contributed by atoms with Gasteiger partial charge < -0.3 is 5.11 Å². The van der Waals surface area contributed by atoms with Crippen molar-refractivity contribution in [1.82, 2.24) is 9.38 Å². The molecule has 0 bridgehead atoms. The predicted molar refractivity (Wildman–Crippen MR) is 58.1 cm³/mol. The first-order chi connectivity index (χ1) is 7.94. The maximum Gasteiger partial charge on any atom is 0.389 e. The normalized spacial score (nSPS) is 14.4. The van der Waals surface area contributed by atoms with Crippen LogP contribution in [-0.4, -0.2) is 26.8 Å². The fraction of sp³-hybridized carbons (Fsp3) is 0.500. The van der Waals surface area contributed by atoms with Crippen LogP contribution < -0.4 is 0 Å². The van der Waals surface area contributed by atoms with Gasteiger partial charge in [0.1, 0.15) is 0 Å². The maximum absolute atomic E-state index is 11.9. The summed E-state index contributed by atoms with van der Waals surface area (Å²) in [5, 5.41) is 11.3. The highest BCUT2D eigenvalue weighted by Gasteiger charge is 2.28. The van der Waals surface area contributed by atoms with E-state index in [1.165, 1.54) is 11.3 Å². The van der Waals surface area contributed by atoms with E-state index in [0.717, 1.165) is 4.96 Å². The molecule has 1 N–H and O–H groups in total. The Labute approximate surface area is 99.5 Å². The monoisotopic (exact) mass is 264 g/mol. The molecule has 0 aliphatic rings. The summed E-state index contributed by atoms with van der Waals surface area (Å²) in [7, 11) is 0. The van der Waals surface area contributed by atoms with Crippen LogP contribution in [0.3, 0.4) is 0 Å². The zero-order valence-corrected chi connectivity index (χ0v) is 9.63. The van der Waals surface area contributed by atoms with Crippen molar-refractivity contribution >= 4 is 16.3 Å². The number of nitrogens with zero attached hydrogens (tertiary/aromatic N) is 2. The van der Waals surface area contributed by atoms with Crippen LogP contribution >= 0.6 is 11.3 Å². The number of thiazole rings is 1. The van der Waals surface area contributed by atoms with Gasteiger partial charge in [-0.1, -0.05) is 0 Å². The molecule has 7 heteroatoms. The van der Waals surface area contributed by atoms with Gasteiger partial charge in [0.25, 0.3) is 0 Å². The van der Waals surface area contributed by atoms with Crippen molar-refractivity contribution < 1.29 is 18.3 Å². The van der Waals surface area contributed by atoms with E-state index in [0.29, 0.717) is 5.69 Å². The van der Waals surface area contributed by atoms with E-state index in [4.69, 9.17) is 0 Å². The number of imidazole rings is 1. The molecule has 94 valence electrons. The molecule has 0 aromatic carbocycles. The summed E-state index contributed by atoms with van der Waals surface area (Å²) in [6, 6.07) is 0. The van der Waals surface area contributed by atoms with Crippen molar-refractivity contribution in [2.75, 3.05) is 0 Å². The Balaban J connectivity index is 1.90. The average Bonchev–Trinajstić information content (AvgIpc) is 2.73. The molecule has 2 rings (SSSR count). The third-order valence-electron chi connectivity index (χ3n) is 2.35. The number of aliphatic hydroxyl groups excluding tert-OH is 1. The summed E-state index contributed by atoms with van der Waals surface area (Å²) in [5.74, 6) is 0. The van der Waals surface area contributed by atoms with Gasteiger partial charge in [-0.25, -0.2) is 4.98 Å². The van der Waals surface area contributed by atoms with E-state index in [9.17, 15) is 18.3 Å². The molecule has 0 saturated heterocycles. The quantitative estimate of drug-likeness (QED) is 0.921. The molecule has 1 unspecified atom stereocenters. The smallest absolute Gasteiger partial charge is 0.389 e. The predicted octanol–water partition coefficient (Wildman–Crippen LogP) is 2.64. The number of alkyl halides is 3. The summed E-state index contributed by atoms with van der Waals surface area (Å²) in [6.07, 6.45) is -2.76. The average molecular weight is 264 g/mol. The van der Waals surface area contributed by atoms with Gasteiger partial charge in [0.15, 0.2) is 4.96 Å². The summed E-state index contributed by atoms with van der Waals surface area (Å²) in [6.45, 7) is 0. The minimum Gasteiger partial charge on any atom is -0.393 e. The number of hydrogen-bond acceptors (Lipinski definition) is 3. The van der Waals surface area contributed by atoms with Crippen LogP contribution in [0.15, 0.2) is 17.8 Å². The zero-order chi connectivity index (χ0) is 12.5. The third kappa shape index (κ3) is 3.44. The standard InChI is InChI=1S/C10H11F3N2OS/c11-10(12,13)2-1-8(16)5-7-6-15-3-4-17-9(15)14-7/h3-4,6,8,16H,1-2,5H2. The van der Waals surface area contributed by atoms with Crippen LogP contribution in [0.1, 0.15) is 18.5 Å². The van der Waals surface area contributed by atoms with Crippen LogP contribution in [0, 0.1) is 0 Å². The topological polar surface area (TPSA) is 37.5 Å². The molecular formula is C10H11F3N2OS. The van der Waals surface area contributed by atoms with E-state index < -0.39 is 18.7 Å². The summed E-state index contributed by atoms with van der Waals surface area (Å²) >= 11 is 1.44. The molecule has 3 nitrogen and oxygen atoms in total. The lowest BCUT2D eigenvalue weighted by Crippen LogP contribution is -2.16. The summed E-state index contributed by atoms with van der Waals surface area (Å²) < 4.78 is 37.6. The highest BCUT2D eigenvalue weighted by Crippen LogP contribution is 2.23. The third-order valence-corrected chi connectivity index (χ3v) is 3.12. The Kier molecular flexibility index (Phi) is 3.39. The molecule has 2 aromatic rings. The van der Waals surface area contributed by atoms with Crippen molar-refractivity contribution in [3.8, 4) is 0 Å². The van der Waals surface area contributed by atoms with Crippen molar-refractivity contribution in [2.45, 2.75) is 31.5 Å². The highest BCUT2D eigenvalue weighted by molar-refractivity contribution is 7.15. The molecule has 17 heavy (non-hydrogen) atoms. The minimum atomic E-state index is -4.21. The van der Waals surface area contributed by atoms with Crippen LogP contribution in [0.5, 0.6) is 0 Å². The van der Waals surface area contributed by atoms with Crippen LogP contribution in [0.2, 0.25) is 0 Å². The van der Waals surface area contributed by atoms with E-state index in [2.05, 4.69) is 4.98 Å². The van der Waals surface area contributed by atoms with Crippen molar-refractivity contribution in [3.05, 3.63) is 23.5 Å². The number of halogens is 3. The lowest BCUT2D eigenvalue weighted by atomic mass is 10.1. The number of aliphatic hydroxyl groups is 1. The van der Waals surface area contributed by atoms with Crippen molar-refractivity contribution in [2.24, 2.45) is 0 Å². The Hall–Kier alpha value is -1.08. The summed E-state index contributed by atoms with van der Waals surface area (Å²) in [4.78, 5) is 4.98. The number of fused-ring (bicyclic) bond motifs is 1. The molecule has 1 atom stereocenters. The Morgan fingerprint density at radius 2 is 2.24 bits per heavy atom. The first-order valence-corrected chi connectivity index (χ1v) is 5.98. The fourth-order valence-corrected chi connectivity index (χ4v) is 2.27. The van der Waals surface area contributed by atoms with Gasteiger partial charge in [-0.05, 0) is 6.42 Å². The second-order valence-electron chi connectivity index (χ2n) is 3.84. The molecule has 2 heterocycles. The highest BCUT2D eigenvalue weighted by atomic mass is 32.1. The van der Waals surface area contributed by atoms with Gasteiger partial charge in [-0.2, -0.15) is 13.2 Å². The van der Waals surface area contributed by atoms with Gasteiger partial charge in [0, 0.05) is 30.6 Å². The van der Waals surface area contributed by atoms with Crippen LogP contribution in [0.4, 0.5) is 13.2 Å². The van der Waals surface area contributed by atoms with E-state index in [1.807, 2.05) is 11.6 Å². The largest absolute Gasteiger partial charge is 0.393 e. The SMILES string of the molecule is OC(CCC(F)(F)F)Cc1cn2ccsc2n1. The second-order valence-corrected chi connectivity index (χ2v) is 4.71. The van der Waals surface area contributed by atoms with Crippen molar-refractivity contribution in [3.63, 3.8) is 0 Å². The Morgan fingerprint density at radius 1 is 1.47 bits per heavy atom. The number of hydrogen-bond donors (Lipinski definition) is 1. The molecule has 0 saturated carbocycles. The van der Waals surface area contributed by atoms with Gasteiger partial charge in [0.2, 0.25) is 0 Å². The van der Waals surface area contributed by atoms with Gasteiger partial charge in [-0.15, -0.1) is 11.3 Å².